The van der Waals surface area contributed by atoms with Crippen LogP contribution in [0.3, 0.4) is 0 Å². The molecule has 1 atom stereocenters. The van der Waals surface area contributed by atoms with Gasteiger partial charge in [0.1, 0.15) is 17.3 Å². The number of rotatable bonds is 6. The first-order valence-corrected chi connectivity index (χ1v) is 8.52. The van der Waals surface area contributed by atoms with Crippen molar-refractivity contribution in [2.75, 3.05) is 0 Å². The summed E-state index contributed by atoms with van der Waals surface area (Å²) < 4.78 is 18.9. The number of carbonyl (C=O) groups is 1. The Bertz CT molecular complexity index is 942. The average Bonchev–Trinajstić information content (AvgIpc) is 2.67. The normalized spacial score (nSPS) is 11.9. The van der Waals surface area contributed by atoms with Gasteiger partial charge in [0.05, 0.1) is 12.2 Å². The molecular weight excluding hydrogens is 343 g/mol. The zero-order valence-corrected chi connectivity index (χ0v) is 14.8. The fourth-order valence-corrected chi connectivity index (χ4v) is 2.52. The first-order valence-electron chi connectivity index (χ1n) is 8.52. The smallest absolute Gasteiger partial charge is 0.244 e. The van der Waals surface area contributed by atoms with Crippen molar-refractivity contribution in [2.45, 2.75) is 13.0 Å². The maximum absolute atomic E-state index is 13.2. The molecule has 5 heteroatoms. The molecule has 0 aliphatic heterocycles. The summed E-state index contributed by atoms with van der Waals surface area (Å²) in [5.41, 5.74) is 1.54. The number of pyridine rings is 1. The van der Waals surface area contributed by atoms with Crippen LogP contribution in [-0.2, 0) is 4.79 Å². The number of hydrogen-bond acceptors (Lipinski definition) is 3. The number of halogens is 1. The van der Waals surface area contributed by atoms with Gasteiger partial charge >= 0.3 is 0 Å². The van der Waals surface area contributed by atoms with Crippen LogP contribution in [0.4, 0.5) is 4.39 Å². The van der Waals surface area contributed by atoms with Gasteiger partial charge in [0.25, 0.3) is 0 Å². The Morgan fingerprint density at radius 3 is 2.70 bits per heavy atom. The largest absolute Gasteiger partial charge is 0.456 e. The molecule has 2 aromatic carbocycles. The lowest BCUT2D eigenvalue weighted by molar-refractivity contribution is -0.117. The highest BCUT2D eigenvalue weighted by molar-refractivity contribution is 5.91. The van der Waals surface area contributed by atoms with E-state index in [0.29, 0.717) is 17.1 Å². The highest BCUT2D eigenvalue weighted by Crippen LogP contribution is 2.24. The lowest BCUT2D eigenvalue weighted by Gasteiger charge is -2.14. The molecule has 136 valence electrons. The Balaban J connectivity index is 1.62. The fourth-order valence-electron chi connectivity index (χ4n) is 2.52. The second-order valence-electron chi connectivity index (χ2n) is 5.98. The maximum atomic E-state index is 13.2. The van der Waals surface area contributed by atoms with Gasteiger partial charge in [0.2, 0.25) is 5.91 Å². The summed E-state index contributed by atoms with van der Waals surface area (Å²) in [6.07, 6.45) is 6.28. The van der Waals surface area contributed by atoms with Gasteiger partial charge in [-0.05, 0) is 60.5 Å². The van der Waals surface area contributed by atoms with Crippen LogP contribution >= 0.6 is 0 Å². The maximum Gasteiger partial charge on any atom is 0.244 e. The Labute approximate surface area is 157 Å². The predicted molar refractivity (Wildman–Crippen MR) is 103 cm³/mol. The molecule has 3 rings (SSSR count). The first kappa shape index (κ1) is 18.3. The van der Waals surface area contributed by atoms with E-state index in [1.165, 1.54) is 18.2 Å². The van der Waals surface area contributed by atoms with Gasteiger partial charge in [-0.25, -0.2) is 4.39 Å². The zero-order chi connectivity index (χ0) is 19.1. The number of carbonyl (C=O) groups excluding carboxylic acids is 1. The molecule has 4 nitrogen and oxygen atoms in total. The molecule has 1 N–H and O–H groups in total. The Morgan fingerprint density at radius 1 is 1.11 bits per heavy atom. The summed E-state index contributed by atoms with van der Waals surface area (Å²) in [6, 6.07) is 17.0. The number of nitrogens with one attached hydrogen (secondary N) is 1. The third-order valence-corrected chi connectivity index (χ3v) is 3.86. The summed E-state index contributed by atoms with van der Waals surface area (Å²) in [5.74, 6) is 0.711. The van der Waals surface area contributed by atoms with Crippen LogP contribution < -0.4 is 10.1 Å². The molecule has 0 bridgehead atoms. The van der Waals surface area contributed by atoms with E-state index in [2.05, 4.69) is 10.3 Å². The highest BCUT2D eigenvalue weighted by atomic mass is 19.1. The van der Waals surface area contributed by atoms with Crippen LogP contribution in [0.25, 0.3) is 6.08 Å². The van der Waals surface area contributed by atoms with Crippen LogP contribution in [0.5, 0.6) is 11.5 Å². The van der Waals surface area contributed by atoms with E-state index in [0.717, 1.165) is 5.56 Å². The van der Waals surface area contributed by atoms with Crippen molar-refractivity contribution < 1.29 is 13.9 Å². The van der Waals surface area contributed by atoms with E-state index in [-0.39, 0.29) is 17.8 Å². The molecule has 0 unspecified atom stereocenters. The van der Waals surface area contributed by atoms with Crippen LogP contribution in [-0.4, -0.2) is 10.9 Å². The summed E-state index contributed by atoms with van der Waals surface area (Å²) in [6.45, 7) is 1.89. The molecule has 1 aromatic heterocycles. The van der Waals surface area contributed by atoms with Crippen molar-refractivity contribution in [3.63, 3.8) is 0 Å². The van der Waals surface area contributed by atoms with Gasteiger partial charge in [-0.1, -0.05) is 24.3 Å². The first-order chi connectivity index (χ1) is 13.1. The van der Waals surface area contributed by atoms with E-state index >= 15 is 0 Å². The lowest BCUT2D eigenvalue weighted by Crippen LogP contribution is -2.24. The number of hydrogen-bond donors (Lipinski definition) is 1. The molecule has 0 saturated heterocycles. The van der Waals surface area contributed by atoms with E-state index in [1.807, 2.05) is 37.3 Å². The second kappa shape index (κ2) is 8.76. The van der Waals surface area contributed by atoms with Gasteiger partial charge in [-0.15, -0.1) is 0 Å². The van der Waals surface area contributed by atoms with E-state index in [1.54, 1.807) is 36.7 Å². The van der Waals surface area contributed by atoms with Crippen molar-refractivity contribution in [3.05, 3.63) is 96.1 Å². The minimum absolute atomic E-state index is 0.216. The topological polar surface area (TPSA) is 51.2 Å². The van der Waals surface area contributed by atoms with E-state index in [9.17, 15) is 9.18 Å². The molecule has 27 heavy (non-hydrogen) atoms. The predicted octanol–water partition coefficient (Wildman–Crippen LogP) is 4.90. The van der Waals surface area contributed by atoms with Crippen molar-refractivity contribution in [1.29, 1.82) is 0 Å². The molecule has 0 saturated carbocycles. The number of nitrogens with zero attached hydrogens (tertiary/aromatic N) is 1. The molecule has 1 heterocycles. The van der Waals surface area contributed by atoms with Crippen LogP contribution in [0.1, 0.15) is 24.1 Å². The standard InChI is InChI=1S/C22H19FN2O2/c1-16(25-22(26)11-10-17-5-2-7-19(23)13-17)18-6-3-8-20(14-18)27-21-9-4-12-24-15-21/h2-16H,1H3,(H,25,26)/b11-10+/t16-/m0/s1. The van der Waals surface area contributed by atoms with Crippen LogP contribution in [0.15, 0.2) is 79.1 Å². The van der Waals surface area contributed by atoms with E-state index in [4.69, 9.17) is 4.74 Å². The SMILES string of the molecule is C[C@H](NC(=O)/C=C/c1cccc(F)c1)c1cccc(Oc2cccnc2)c1. The van der Waals surface area contributed by atoms with Crippen molar-refractivity contribution in [3.8, 4) is 11.5 Å². The summed E-state index contributed by atoms with van der Waals surface area (Å²) in [5, 5.41) is 2.88. The van der Waals surface area contributed by atoms with Gasteiger partial charge in [-0.3, -0.25) is 9.78 Å². The number of amides is 1. The van der Waals surface area contributed by atoms with Gasteiger partial charge < -0.3 is 10.1 Å². The average molecular weight is 362 g/mol. The zero-order valence-electron chi connectivity index (χ0n) is 14.8. The van der Waals surface area contributed by atoms with Gasteiger partial charge in [0.15, 0.2) is 0 Å². The Hall–Kier alpha value is -3.47. The summed E-state index contributed by atoms with van der Waals surface area (Å²) in [7, 11) is 0. The van der Waals surface area contributed by atoms with Gasteiger partial charge in [0, 0.05) is 12.3 Å². The number of benzene rings is 2. The molecule has 0 radical (unpaired) electrons. The molecule has 1 amide bonds. The summed E-state index contributed by atoms with van der Waals surface area (Å²) in [4.78, 5) is 16.1. The molecule has 0 fully saturated rings. The second-order valence-corrected chi connectivity index (χ2v) is 5.98. The Morgan fingerprint density at radius 2 is 1.93 bits per heavy atom. The fraction of sp³-hybridized carbons (Fsp3) is 0.0909. The third-order valence-electron chi connectivity index (χ3n) is 3.86. The highest BCUT2D eigenvalue weighted by Gasteiger charge is 2.09. The molecule has 0 aliphatic rings. The monoisotopic (exact) mass is 362 g/mol. The molecular formula is C22H19FN2O2. The number of ether oxygens (including phenoxy) is 1. The lowest BCUT2D eigenvalue weighted by atomic mass is 10.1. The van der Waals surface area contributed by atoms with Crippen molar-refractivity contribution in [1.82, 2.24) is 10.3 Å². The van der Waals surface area contributed by atoms with Crippen LogP contribution in [0.2, 0.25) is 0 Å². The molecule has 0 spiro atoms. The van der Waals surface area contributed by atoms with Crippen molar-refractivity contribution >= 4 is 12.0 Å². The quantitative estimate of drug-likeness (QED) is 0.634. The molecule has 3 aromatic rings. The van der Waals surface area contributed by atoms with Crippen LogP contribution in [0, 0.1) is 5.82 Å². The summed E-state index contributed by atoms with van der Waals surface area (Å²) >= 11 is 0. The third kappa shape index (κ3) is 5.51. The Kier molecular flexibility index (Phi) is 5.94. The van der Waals surface area contributed by atoms with Gasteiger partial charge in [-0.2, -0.15) is 0 Å². The van der Waals surface area contributed by atoms with E-state index < -0.39 is 0 Å². The minimum Gasteiger partial charge on any atom is -0.456 e. The number of aromatic nitrogens is 1. The minimum atomic E-state index is -0.337. The van der Waals surface area contributed by atoms with Crippen molar-refractivity contribution in [2.24, 2.45) is 0 Å². The molecule has 0 aliphatic carbocycles.